The number of sulfone groups is 1. The Morgan fingerprint density at radius 2 is 1.72 bits per heavy atom. The van der Waals surface area contributed by atoms with Crippen LogP contribution in [0.4, 0.5) is 14.9 Å². The monoisotopic (exact) mass is 641 g/mol. The number of aryl methyl sites for hydroxylation is 1. The molecule has 2 aromatic carbocycles. The number of carbonyl (C=O) groups excluding carboxylic acids is 1. The predicted octanol–water partition coefficient (Wildman–Crippen LogP) is 7.07. The van der Waals surface area contributed by atoms with Crippen LogP contribution in [-0.2, 0) is 14.6 Å². The molecule has 3 aromatic heterocycles. The van der Waals surface area contributed by atoms with Crippen LogP contribution in [0.1, 0.15) is 39.2 Å². The van der Waals surface area contributed by atoms with Crippen molar-refractivity contribution < 1.29 is 22.3 Å². The van der Waals surface area contributed by atoms with Crippen LogP contribution >= 0.6 is 0 Å². The Bertz CT molecular complexity index is 2010. The Hall–Kier alpha value is -4.61. The molecule has 1 amide bonds. The number of nitrogens with one attached hydrogen (secondary N) is 2. The second kappa shape index (κ2) is 12.3. The van der Waals surface area contributed by atoms with Crippen LogP contribution in [0, 0.1) is 12.7 Å². The minimum Gasteiger partial charge on any atom is -0.443 e. The smallest absolute Gasteiger partial charge is 0.415 e. The summed E-state index contributed by atoms with van der Waals surface area (Å²) >= 11 is 0. The van der Waals surface area contributed by atoms with E-state index in [9.17, 15) is 13.2 Å². The molecular weight excluding hydrogens is 605 g/mol. The van der Waals surface area contributed by atoms with Crippen molar-refractivity contribution in [1.29, 1.82) is 0 Å². The molecule has 0 aliphatic carbocycles. The molecule has 238 valence electrons. The Balaban J connectivity index is 1.52. The van der Waals surface area contributed by atoms with Crippen molar-refractivity contribution >= 4 is 32.7 Å². The number of rotatable bonds is 6. The van der Waals surface area contributed by atoms with E-state index in [4.69, 9.17) is 9.72 Å². The zero-order valence-corrected chi connectivity index (χ0v) is 27.0. The van der Waals surface area contributed by atoms with Crippen LogP contribution in [0.5, 0.6) is 0 Å². The van der Waals surface area contributed by atoms with Crippen molar-refractivity contribution in [3.63, 3.8) is 0 Å². The fourth-order valence-corrected chi connectivity index (χ4v) is 7.14. The molecule has 1 aliphatic rings. The van der Waals surface area contributed by atoms with Gasteiger partial charge in [-0.15, -0.1) is 0 Å². The van der Waals surface area contributed by atoms with Crippen molar-refractivity contribution in [2.75, 3.05) is 18.0 Å². The van der Waals surface area contributed by atoms with E-state index >= 15 is 4.39 Å². The minimum atomic E-state index is -4.04. The van der Waals surface area contributed by atoms with Gasteiger partial charge in [-0.05, 0) is 90.0 Å². The highest BCUT2D eigenvalue weighted by Gasteiger charge is 2.32. The van der Waals surface area contributed by atoms with Crippen LogP contribution < -0.4 is 10.2 Å². The first-order chi connectivity index (χ1) is 21.9. The van der Waals surface area contributed by atoms with E-state index in [1.54, 1.807) is 66.0 Å². The summed E-state index contributed by atoms with van der Waals surface area (Å²) in [7, 11) is -4.04. The molecule has 1 saturated heterocycles. The Morgan fingerprint density at radius 3 is 2.41 bits per heavy atom. The number of fused-ring (bicyclic) bond motifs is 1. The van der Waals surface area contributed by atoms with Crippen LogP contribution in [-0.4, -0.2) is 54.2 Å². The predicted molar refractivity (Wildman–Crippen MR) is 176 cm³/mol. The maximum atomic E-state index is 15.1. The van der Waals surface area contributed by atoms with Gasteiger partial charge < -0.3 is 15.0 Å². The number of H-pyrrole nitrogens is 1. The summed E-state index contributed by atoms with van der Waals surface area (Å²) in [4.78, 5) is 27.7. The lowest BCUT2D eigenvalue weighted by Gasteiger charge is -2.35. The number of ether oxygens (including phenoxy) is 1. The van der Waals surface area contributed by atoms with Gasteiger partial charge in [0.1, 0.15) is 11.4 Å². The van der Waals surface area contributed by atoms with Gasteiger partial charge in [0.15, 0.2) is 0 Å². The SMILES string of the molecule is Cc1ccc(S(=O)(=O)c2cc(-c3ccccc3F)nc3c(-c4cncc(N(C(=O)OC(C)(C)C)C5CCNCC5)c4)c[nH]c23)cc1. The highest BCUT2D eigenvalue weighted by molar-refractivity contribution is 7.91. The standard InChI is InChI=1S/C35H36FN5O4S/c1-22-9-11-26(12-10-22)46(43,44)31-18-30(27-7-5-6-8-29(27)36)40-32-28(21-39-33(31)32)23-17-25(20-38-19-23)41(24-13-15-37-16-14-24)34(42)45-35(2,3)4/h5-12,17-21,24,37,39H,13-16H2,1-4H3. The summed E-state index contributed by atoms with van der Waals surface area (Å²) in [6.07, 6.45) is 5.93. The Labute approximate surface area is 267 Å². The van der Waals surface area contributed by atoms with Gasteiger partial charge in [0.25, 0.3) is 0 Å². The van der Waals surface area contributed by atoms with Crippen LogP contribution in [0.3, 0.4) is 0 Å². The van der Waals surface area contributed by atoms with E-state index in [-0.39, 0.29) is 32.6 Å². The maximum absolute atomic E-state index is 15.1. The number of hydrogen-bond acceptors (Lipinski definition) is 7. The molecular formula is C35H36FN5O4S. The maximum Gasteiger partial charge on any atom is 0.415 e. The van der Waals surface area contributed by atoms with E-state index in [2.05, 4.69) is 15.3 Å². The summed E-state index contributed by atoms with van der Waals surface area (Å²) in [5.74, 6) is -0.524. The quantitative estimate of drug-likeness (QED) is 0.204. The van der Waals surface area contributed by atoms with E-state index < -0.39 is 27.3 Å². The van der Waals surface area contributed by atoms with E-state index in [1.807, 2.05) is 33.8 Å². The minimum absolute atomic E-state index is 0.0277. The van der Waals surface area contributed by atoms with Gasteiger partial charge in [-0.3, -0.25) is 9.88 Å². The van der Waals surface area contributed by atoms with E-state index in [0.29, 0.717) is 22.3 Å². The molecule has 2 N–H and O–H groups in total. The van der Waals surface area contributed by atoms with E-state index in [1.165, 1.54) is 12.1 Å². The number of carbonyl (C=O) groups is 1. The third-order valence-corrected chi connectivity index (χ3v) is 9.74. The lowest BCUT2D eigenvalue weighted by molar-refractivity contribution is 0.0559. The molecule has 4 heterocycles. The van der Waals surface area contributed by atoms with Crippen molar-refractivity contribution in [2.45, 2.75) is 62.0 Å². The molecule has 6 rings (SSSR count). The topological polar surface area (TPSA) is 117 Å². The lowest BCUT2D eigenvalue weighted by atomic mass is 10.0. The lowest BCUT2D eigenvalue weighted by Crippen LogP contribution is -2.48. The summed E-state index contributed by atoms with van der Waals surface area (Å²) in [5, 5.41) is 3.33. The number of piperidine rings is 1. The molecule has 5 aromatic rings. The average molecular weight is 642 g/mol. The van der Waals surface area contributed by atoms with Gasteiger partial charge in [0, 0.05) is 35.1 Å². The van der Waals surface area contributed by atoms with Crippen molar-refractivity contribution in [3.05, 3.63) is 90.6 Å². The first-order valence-corrected chi connectivity index (χ1v) is 16.7. The number of anilines is 1. The number of pyridine rings is 2. The zero-order chi connectivity index (χ0) is 32.6. The number of nitrogens with zero attached hydrogens (tertiary/aromatic N) is 3. The fraction of sp³-hybridized carbons (Fsp3) is 0.286. The van der Waals surface area contributed by atoms with Gasteiger partial charge in [0.2, 0.25) is 9.84 Å². The molecule has 9 nitrogen and oxygen atoms in total. The first kappa shape index (κ1) is 31.4. The van der Waals surface area contributed by atoms with Crippen molar-refractivity contribution in [3.8, 4) is 22.4 Å². The summed E-state index contributed by atoms with van der Waals surface area (Å²) in [6, 6.07) is 15.8. The molecule has 0 saturated carbocycles. The molecule has 1 fully saturated rings. The average Bonchev–Trinajstić information content (AvgIpc) is 3.45. The normalized spacial score (nSPS) is 14.4. The molecule has 46 heavy (non-hydrogen) atoms. The zero-order valence-electron chi connectivity index (χ0n) is 26.2. The van der Waals surface area contributed by atoms with Crippen LogP contribution in [0.15, 0.2) is 89.0 Å². The number of amides is 1. The first-order valence-electron chi connectivity index (χ1n) is 15.2. The largest absolute Gasteiger partial charge is 0.443 e. The molecule has 11 heteroatoms. The van der Waals surface area contributed by atoms with E-state index in [0.717, 1.165) is 31.5 Å². The van der Waals surface area contributed by atoms with Crippen LogP contribution in [0.25, 0.3) is 33.4 Å². The molecule has 0 radical (unpaired) electrons. The third-order valence-electron chi connectivity index (χ3n) is 7.95. The molecule has 1 aliphatic heterocycles. The Morgan fingerprint density at radius 1 is 1.00 bits per heavy atom. The molecule has 0 spiro atoms. The van der Waals surface area contributed by atoms with Gasteiger partial charge in [0.05, 0.1) is 38.4 Å². The number of aromatic amines is 1. The summed E-state index contributed by atoms with van der Waals surface area (Å²) < 4.78 is 49.0. The Kier molecular flexibility index (Phi) is 8.39. The van der Waals surface area contributed by atoms with Crippen molar-refractivity contribution in [2.24, 2.45) is 0 Å². The fourth-order valence-electron chi connectivity index (χ4n) is 5.70. The van der Waals surface area contributed by atoms with Gasteiger partial charge in [-0.25, -0.2) is 22.6 Å². The molecule has 0 atom stereocenters. The highest BCUT2D eigenvalue weighted by Crippen LogP contribution is 2.37. The van der Waals surface area contributed by atoms with Gasteiger partial charge in [-0.2, -0.15) is 0 Å². The second-order valence-corrected chi connectivity index (χ2v) is 14.4. The molecule has 0 bridgehead atoms. The van der Waals surface area contributed by atoms with Crippen molar-refractivity contribution in [1.82, 2.24) is 20.3 Å². The number of hydrogen-bond donors (Lipinski definition) is 2. The summed E-state index contributed by atoms with van der Waals surface area (Å²) in [5.41, 5.74) is 2.88. The van der Waals surface area contributed by atoms with Gasteiger partial charge >= 0.3 is 6.09 Å². The third kappa shape index (κ3) is 6.25. The van der Waals surface area contributed by atoms with Crippen LogP contribution in [0.2, 0.25) is 0 Å². The summed E-state index contributed by atoms with van der Waals surface area (Å²) in [6.45, 7) is 8.89. The van der Waals surface area contributed by atoms with Gasteiger partial charge in [-0.1, -0.05) is 29.8 Å². The number of halogens is 1. The highest BCUT2D eigenvalue weighted by atomic mass is 32.2. The molecule has 0 unspecified atom stereocenters. The number of aromatic nitrogens is 3. The number of benzene rings is 2. The second-order valence-electron chi connectivity index (χ2n) is 12.5.